The molecule has 4 aromatic rings. The normalized spacial score (nSPS) is 12.8. The van der Waals surface area contributed by atoms with E-state index in [-0.39, 0.29) is 61.8 Å². The Morgan fingerprint density at radius 3 is 1.21 bits per heavy atom. The van der Waals surface area contributed by atoms with Crippen LogP contribution in [0.25, 0.3) is 21.5 Å². The molecule has 0 radical (unpaired) electrons. The van der Waals surface area contributed by atoms with Crippen molar-refractivity contribution in [2.45, 2.75) is 27.7 Å². The van der Waals surface area contributed by atoms with Gasteiger partial charge in [-0.2, -0.15) is 12.1 Å². The van der Waals surface area contributed by atoms with Crippen LogP contribution in [-0.2, 0) is 21.7 Å². The first kappa shape index (κ1) is 26.8. The van der Waals surface area contributed by atoms with Gasteiger partial charge >= 0.3 is 21.7 Å². The fourth-order valence-corrected chi connectivity index (χ4v) is 8.60. The maximum absolute atomic E-state index is 2.47. The molecule has 0 aromatic heterocycles. The van der Waals surface area contributed by atoms with E-state index in [1.165, 1.54) is 43.8 Å². The Morgan fingerprint density at radius 2 is 0.897 bits per heavy atom. The molecule has 4 aromatic carbocycles. The van der Waals surface area contributed by atoms with E-state index in [4.69, 9.17) is 0 Å². The monoisotopic (exact) mass is 494 g/mol. The van der Waals surface area contributed by atoms with Gasteiger partial charge in [0, 0.05) is 0 Å². The van der Waals surface area contributed by atoms with Crippen LogP contribution in [0.5, 0.6) is 0 Å². The van der Waals surface area contributed by atoms with Crippen LogP contribution in [0.3, 0.4) is 0 Å². The third-order valence-corrected chi connectivity index (χ3v) is 12.8. The van der Waals surface area contributed by atoms with Gasteiger partial charge in [-0.3, -0.25) is 0 Å². The predicted octanol–water partition coefficient (Wildman–Crippen LogP) is 0.759. The Kier molecular flexibility index (Phi) is 9.64. The number of halogens is 2. The first-order valence-corrected chi connectivity index (χ1v) is 13.5. The summed E-state index contributed by atoms with van der Waals surface area (Å²) >= 11 is 0. The zero-order valence-corrected chi connectivity index (χ0v) is 22.6. The molecule has 4 rings (SSSR count). The second kappa shape index (κ2) is 10.4. The second-order valence-electron chi connectivity index (χ2n) is 7.53. The molecule has 0 aliphatic rings. The summed E-state index contributed by atoms with van der Waals surface area (Å²) in [6.45, 7) is 13.9. The number of hydrogen-bond donors (Lipinski definition) is 0. The van der Waals surface area contributed by atoms with Gasteiger partial charge in [0.25, 0.3) is 0 Å². The van der Waals surface area contributed by atoms with Crippen molar-refractivity contribution in [3.63, 3.8) is 0 Å². The fraction of sp³-hybridized carbons (Fsp3) is 0.250. The molecule has 5 heteroatoms. The summed E-state index contributed by atoms with van der Waals surface area (Å²) in [4.78, 5) is 0. The van der Waals surface area contributed by atoms with Crippen LogP contribution in [0.2, 0.25) is 0 Å². The Bertz CT molecular complexity index is 959. The molecule has 0 bridgehead atoms. The molecule has 0 fully saturated rings. The van der Waals surface area contributed by atoms with Crippen molar-refractivity contribution in [2.24, 2.45) is 0 Å². The third-order valence-electron chi connectivity index (χ3n) is 5.81. The van der Waals surface area contributed by atoms with E-state index in [0.717, 1.165) is 0 Å². The topological polar surface area (TPSA) is 0 Å². The summed E-state index contributed by atoms with van der Waals surface area (Å²) in [5.41, 5.74) is 5.58. The quantitative estimate of drug-likeness (QED) is 0.224. The van der Waals surface area contributed by atoms with Crippen molar-refractivity contribution in [1.29, 1.82) is 0 Å². The van der Waals surface area contributed by atoms with Gasteiger partial charge in [0.1, 0.15) is 0 Å². The van der Waals surface area contributed by atoms with Gasteiger partial charge in [-0.15, -0.1) is 67.5 Å². The maximum Gasteiger partial charge on any atom is 4.00 e. The Morgan fingerprint density at radius 1 is 0.586 bits per heavy atom. The van der Waals surface area contributed by atoms with Crippen LogP contribution in [0.15, 0.2) is 48.5 Å². The largest absolute Gasteiger partial charge is 4.00 e. The summed E-state index contributed by atoms with van der Waals surface area (Å²) in [6.07, 6.45) is 0. The number of fused-ring (bicyclic) bond motifs is 2. The van der Waals surface area contributed by atoms with Gasteiger partial charge in [-0.05, 0) is 27.2 Å². The number of aryl methyl sites for hydroxylation is 4. The van der Waals surface area contributed by atoms with Gasteiger partial charge in [0.15, 0.2) is 0 Å². The Balaban J connectivity index is 0.00000140. The molecule has 0 aliphatic carbocycles. The van der Waals surface area contributed by atoms with Crippen molar-refractivity contribution < 1.29 is 46.5 Å². The molecular formula is C24H26Cl2P2Ti. The Labute approximate surface area is 204 Å². The minimum absolute atomic E-state index is 0. The average molecular weight is 495 g/mol. The first-order chi connectivity index (χ1) is 12.4. The van der Waals surface area contributed by atoms with Gasteiger partial charge in [-0.1, -0.05) is 52.3 Å². The maximum atomic E-state index is 2.47. The minimum atomic E-state index is -0.176. The molecule has 0 spiro atoms. The molecule has 0 aliphatic heterocycles. The number of rotatable bonds is 3. The van der Waals surface area contributed by atoms with Crippen molar-refractivity contribution in [3.05, 3.63) is 70.8 Å². The smallest absolute Gasteiger partial charge is 1.00 e. The van der Waals surface area contributed by atoms with E-state index in [1.54, 1.807) is 10.6 Å². The number of hydrogen-bond acceptors (Lipinski definition) is 0. The Hall–Kier alpha value is -0.186. The minimum Gasteiger partial charge on any atom is -1.00 e. The molecule has 0 N–H and O–H groups in total. The molecule has 0 heterocycles. The number of benzene rings is 2. The summed E-state index contributed by atoms with van der Waals surface area (Å²) in [6, 6.07) is 18.9. The molecule has 0 saturated heterocycles. The SMILES string of the molecule is Cc1ccc(C)c2[cH-]c(P(C)P(C)c3cc4c(C)ccc(C)c4[cH-]3)cc12.[Cl-].[Cl-].[Ti+4]. The van der Waals surface area contributed by atoms with Crippen LogP contribution in [-0.4, -0.2) is 13.3 Å². The predicted molar refractivity (Wildman–Crippen MR) is 123 cm³/mol. The fourth-order valence-electron chi connectivity index (χ4n) is 3.87. The third kappa shape index (κ3) is 4.85. The molecule has 2 atom stereocenters. The van der Waals surface area contributed by atoms with Crippen molar-refractivity contribution >= 4 is 47.4 Å². The molecule has 29 heavy (non-hydrogen) atoms. The average Bonchev–Trinajstić information content (AvgIpc) is 3.26. The first-order valence-electron chi connectivity index (χ1n) is 9.17. The molecular weight excluding hydrogens is 469 g/mol. The summed E-state index contributed by atoms with van der Waals surface area (Å²) in [5.74, 6) is 0. The van der Waals surface area contributed by atoms with E-state index in [9.17, 15) is 0 Å². The van der Waals surface area contributed by atoms with Gasteiger partial charge in [-0.25, -0.2) is 0 Å². The summed E-state index contributed by atoms with van der Waals surface area (Å²) in [5, 5.41) is 8.88. The summed E-state index contributed by atoms with van der Waals surface area (Å²) in [7, 11) is -0.352. The van der Waals surface area contributed by atoms with E-state index in [2.05, 4.69) is 89.6 Å². The van der Waals surface area contributed by atoms with Crippen molar-refractivity contribution in [3.8, 4) is 0 Å². The van der Waals surface area contributed by atoms with Crippen LogP contribution in [0.1, 0.15) is 22.3 Å². The summed E-state index contributed by atoms with van der Waals surface area (Å²) < 4.78 is 0. The van der Waals surface area contributed by atoms with Crippen molar-refractivity contribution in [2.75, 3.05) is 13.3 Å². The standard InChI is InChI=1S/C24H26P2.2ClH.Ti/c1-15-7-8-16(2)22-12-19(11-21(15)22)25(5)26(6)20-13-23-17(3)9-10-18(4)24(23)14-20;;;/h7-14H,1-6H3;2*1H;/q-2;;;+4/p-2. The zero-order valence-electron chi connectivity index (χ0n) is 17.8. The van der Waals surface area contributed by atoms with Gasteiger partial charge < -0.3 is 24.8 Å². The van der Waals surface area contributed by atoms with E-state index >= 15 is 0 Å². The molecule has 2 unspecified atom stereocenters. The van der Waals surface area contributed by atoms with Gasteiger partial charge in [0.2, 0.25) is 0 Å². The van der Waals surface area contributed by atoms with Crippen LogP contribution in [0.4, 0.5) is 0 Å². The molecule has 0 nitrogen and oxygen atoms in total. The van der Waals surface area contributed by atoms with Gasteiger partial charge in [0.05, 0.1) is 0 Å². The van der Waals surface area contributed by atoms with E-state index in [0.29, 0.717) is 0 Å². The van der Waals surface area contributed by atoms with Crippen LogP contribution in [0, 0.1) is 27.7 Å². The molecule has 150 valence electrons. The van der Waals surface area contributed by atoms with E-state index in [1.807, 2.05) is 0 Å². The van der Waals surface area contributed by atoms with Crippen LogP contribution < -0.4 is 35.4 Å². The van der Waals surface area contributed by atoms with Crippen molar-refractivity contribution in [1.82, 2.24) is 0 Å². The molecule has 0 amide bonds. The molecule has 0 saturated carbocycles. The second-order valence-corrected chi connectivity index (χ2v) is 14.3. The van der Waals surface area contributed by atoms with Crippen LogP contribution >= 0.6 is 15.2 Å². The zero-order chi connectivity index (χ0) is 18.6. The van der Waals surface area contributed by atoms with E-state index < -0.39 is 0 Å².